The second kappa shape index (κ2) is 10.2. The van der Waals surface area contributed by atoms with Crippen molar-refractivity contribution in [2.75, 3.05) is 43.6 Å². The number of pyridine rings is 2. The molecule has 0 aliphatic carbocycles. The molecule has 0 aliphatic heterocycles. The highest BCUT2D eigenvalue weighted by Gasteiger charge is 2.16. The molecular formula is C20H23N9O2. The molecule has 3 rings (SSSR count). The minimum absolute atomic E-state index is 0.0640. The largest absolute Gasteiger partial charge is 0.395 e. The Balaban J connectivity index is 2.02. The highest BCUT2D eigenvalue weighted by Crippen LogP contribution is 2.33. The smallest absolute Gasteiger partial charge is 0.197 e. The van der Waals surface area contributed by atoms with E-state index in [1.807, 2.05) is 19.1 Å². The normalized spacial score (nSPS) is 10.9. The fraction of sp³-hybridized carbons (Fsp3) is 0.300. The van der Waals surface area contributed by atoms with Gasteiger partial charge in [-0.05, 0) is 30.7 Å². The first-order valence-corrected chi connectivity index (χ1v) is 9.60. The van der Waals surface area contributed by atoms with Gasteiger partial charge < -0.3 is 20.4 Å². The molecule has 0 amide bonds. The Labute approximate surface area is 179 Å². The van der Waals surface area contributed by atoms with Gasteiger partial charge in [0.1, 0.15) is 23.1 Å². The zero-order valence-corrected chi connectivity index (χ0v) is 17.3. The number of hydrogen-bond acceptors (Lipinski definition) is 10. The summed E-state index contributed by atoms with van der Waals surface area (Å²) in [5, 5.41) is 43.9. The third-order valence-electron chi connectivity index (χ3n) is 4.45. The van der Waals surface area contributed by atoms with E-state index in [2.05, 4.69) is 36.7 Å². The van der Waals surface area contributed by atoms with Crippen LogP contribution >= 0.6 is 0 Å². The van der Waals surface area contributed by atoms with E-state index in [0.29, 0.717) is 36.2 Å². The van der Waals surface area contributed by atoms with Gasteiger partial charge in [0.05, 0.1) is 19.4 Å². The van der Waals surface area contributed by atoms with Crippen LogP contribution in [0.2, 0.25) is 0 Å². The molecule has 31 heavy (non-hydrogen) atoms. The van der Waals surface area contributed by atoms with E-state index in [4.69, 9.17) is 0 Å². The van der Waals surface area contributed by atoms with Crippen LogP contribution in [-0.4, -0.2) is 63.3 Å². The summed E-state index contributed by atoms with van der Waals surface area (Å²) in [5.41, 5.74) is 1.54. The van der Waals surface area contributed by atoms with Gasteiger partial charge in [0, 0.05) is 26.3 Å². The molecule has 0 bridgehead atoms. The van der Waals surface area contributed by atoms with E-state index in [1.165, 1.54) is 10.9 Å². The van der Waals surface area contributed by atoms with Crippen LogP contribution in [0, 0.1) is 18.3 Å². The summed E-state index contributed by atoms with van der Waals surface area (Å²) in [4.78, 5) is 10.6. The van der Waals surface area contributed by atoms with Gasteiger partial charge in [0.15, 0.2) is 17.5 Å². The third kappa shape index (κ3) is 4.82. The molecular weight excluding hydrogens is 398 g/mol. The molecule has 0 saturated carbocycles. The molecule has 3 aromatic rings. The summed E-state index contributed by atoms with van der Waals surface area (Å²) in [6.07, 6.45) is 3.04. The average Bonchev–Trinajstić information content (AvgIpc) is 3.21. The third-order valence-corrected chi connectivity index (χ3v) is 4.45. The van der Waals surface area contributed by atoms with E-state index in [0.717, 1.165) is 5.56 Å². The van der Waals surface area contributed by atoms with Crippen LogP contribution in [0.4, 0.5) is 23.1 Å². The zero-order chi connectivity index (χ0) is 22.2. The Hall–Kier alpha value is -3.88. The Morgan fingerprint density at radius 1 is 1.23 bits per heavy atom. The minimum atomic E-state index is -0.0640. The van der Waals surface area contributed by atoms with Crippen LogP contribution in [0.1, 0.15) is 11.1 Å². The first kappa shape index (κ1) is 21.8. The van der Waals surface area contributed by atoms with Gasteiger partial charge in [0.25, 0.3) is 0 Å². The predicted molar refractivity (Wildman–Crippen MR) is 115 cm³/mol. The van der Waals surface area contributed by atoms with Gasteiger partial charge >= 0.3 is 0 Å². The predicted octanol–water partition coefficient (Wildman–Crippen LogP) is 2.09. The number of nitrogens with one attached hydrogen (secondary N) is 1. The molecule has 3 heterocycles. The van der Waals surface area contributed by atoms with Crippen molar-refractivity contribution in [3.05, 3.63) is 47.8 Å². The molecule has 0 spiro atoms. The molecule has 0 unspecified atom stereocenters. The van der Waals surface area contributed by atoms with Gasteiger partial charge in [-0.15, -0.1) is 10.2 Å². The Morgan fingerprint density at radius 2 is 2.00 bits per heavy atom. The number of nitrogens with zero attached hydrogens (tertiary/aromatic N) is 8. The summed E-state index contributed by atoms with van der Waals surface area (Å²) in [7, 11) is 1.71. The summed E-state index contributed by atoms with van der Waals surface area (Å²) < 4.78 is 1.45. The van der Waals surface area contributed by atoms with Crippen LogP contribution in [0.15, 0.2) is 46.9 Å². The lowest BCUT2D eigenvalue weighted by Gasteiger charge is -2.23. The minimum Gasteiger partial charge on any atom is -0.395 e. The highest BCUT2D eigenvalue weighted by atomic mass is 16.3. The maximum atomic E-state index is 9.43. The fourth-order valence-corrected chi connectivity index (χ4v) is 2.95. The van der Waals surface area contributed by atoms with Crippen molar-refractivity contribution in [3.63, 3.8) is 0 Å². The zero-order valence-electron chi connectivity index (χ0n) is 17.3. The maximum Gasteiger partial charge on any atom is 0.197 e. The number of aliphatic hydroxyl groups is 2. The van der Waals surface area contributed by atoms with E-state index in [1.54, 1.807) is 30.3 Å². The van der Waals surface area contributed by atoms with E-state index < -0.39 is 0 Å². The van der Waals surface area contributed by atoms with E-state index >= 15 is 0 Å². The summed E-state index contributed by atoms with van der Waals surface area (Å²) >= 11 is 0. The highest BCUT2D eigenvalue weighted by molar-refractivity contribution is 5.68. The molecule has 11 heteroatoms. The molecule has 3 aromatic heterocycles. The summed E-state index contributed by atoms with van der Waals surface area (Å²) in [6, 6.07) is 9.23. The molecule has 160 valence electrons. The molecule has 11 nitrogen and oxygen atoms in total. The second-order valence-corrected chi connectivity index (χ2v) is 6.47. The fourth-order valence-electron chi connectivity index (χ4n) is 2.95. The van der Waals surface area contributed by atoms with Crippen molar-refractivity contribution in [1.29, 1.82) is 5.26 Å². The van der Waals surface area contributed by atoms with Crippen LogP contribution in [0.25, 0.3) is 5.82 Å². The SMILES string of the molecule is CNc1nc(N(CCO)CCO)cc(C)c1/N=N/c1c(C#N)cnn1-c1ccccn1. The first-order chi connectivity index (χ1) is 15.1. The maximum absolute atomic E-state index is 9.43. The number of azo groups is 1. The van der Waals surface area contributed by atoms with Crippen LogP contribution in [0.3, 0.4) is 0 Å². The van der Waals surface area contributed by atoms with Crippen LogP contribution in [0.5, 0.6) is 0 Å². The number of nitriles is 1. The number of anilines is 2. The Kier molecular flexibility index (Phi) is 7.21. The lowest BCUT2D eigenvalue weighted by atomic mass is 10.2. The second-order valence-electron chi connectivity index (χ2n) is 6.47. The van der Waals surface area contributed by atoms with E-state index in [9.17, 15) is 15.5 Å². The standard InChI is InChI=1S/C20H23N9O2/c1-14-11-17(28(7-9-30)8-10-31)25-19(22-2)18(14)26-27-20-15(12-21)13-24-29(20)16-5-3-4-6-23-16/h3-6,11,13,30-31H,7-10H2,1-2H3,(H,22,25)/b27-26+. The van der Waals surface area contributed by atoms with Gasteiger partial charge in [-0.25, -0.2) is 9.97 Å². The van der Waals surface area contributed by atoms with Gasteiger partial charge in [-0.1, -0.05) is 6.07 Å². The number of aliphatic hydroxyl groups excluding tert-OH is 2. The van der Waals surface area contributed by atoms with Gasteiger partial charge in [-0.2, -0.15) is 15.0 Å². The monoisotopic (exact) mass is 421 g/mol. The van der Waals surface area contributed by atoms with Crippen LogP contribution < -0.4 is 10.2 Å². The number of aryl methyl sites for hydroxylation is 1. The molecule has 0 aliphatic rings. The first-order valence-electron chi connectivity index (χ1n) is 9.60. The molecule has 3 N–H and O–H groups in total. The molecule has 0 radical (unpaired) electrons. The van der Waals surface area contributed by atoms with Crippen molar-refractivity contribution >= 4 is 23.1 Å². The number of rotatable bonds is 9. The summed E-state index contributed by atoms with van der Waals surface area (Å²) in [5.74, 6) is 1.84. The van der Waals surface area contributed by atoms with Crippen LogP contribution in [-0.2, 0) is 0 Å². The molecule has 0 fully saturated rings. The molecule has 0 atom stereocenters. The van der Waals surface area contributed by atoms with Crippen molar-refractivity contribution < 1.29 is 10.2 Å². The Morgan fingerprint density at radius 3 is 2.61 bits per heavy atom. The van der Waals surface area contributed by atoms with Crippen molar-refractivity contribution in [2.24, 2.45) is 10.2 Å². The van der Waals surface area contributed by atoms with E-state index in [-0.39, 0.29) is 24.6 Å². The lowest BCUT2D eigenvalue weighted by molar-refractivity contribution is 0.280. The number of aromatic nitrogens is 4. The average molecular weight is 421 g/mol. The Bertz CT molecular complexity index is 1080. The van der Waals surface area contributed by atoms with Crippen molar-refractivity contribution in [2.45, 2.75) is 6.92 Å². The lowest BCUT2D eigenvalue weighted by Crippen LogP contribution is -2.30. The number of hydrogen-bond donors (Lipinski definition) is 3. The molecule has 0 saturated heterocycles. The van der Waals surface area contributed by atoms with Gasteiger partial charge in [0.2, 0.25) is 0 Å². The quantitative estimate of drug-likeness (QED) is 0.445. The van der Waals surface area contributed by atoms with Crippen molar-refractivity contribution in [1.82, 2.24) is 19.7 Å². The summed E-state index contributed by atoms with van der Waals surface area (Å²) in [6.45, 7) is 2.41. The molecule has 0 aromatic carbocycles. The topological polar surface area (TPSA) is 148 Å². The van der Waals surface area contributed by atoms with Gasteiger partial charge in [-0.3, -0.25) is 0 Å². The van der Waals surface area contributed by atoms with Crippen molar-refractivity contribution in [3.8, 4) is 11.9 Å².